The summed E-state index contributed by atoms with van der Waals surface area (Å²) in [5, 5.41) is 13.4. The number of aromatic amines is 2. The number of benzene rings is 3. The molecule has 3 aromatic heterocycles. The van der Waals surface area contributed by atoms with Gasteiger partial charge in [-0.1, -0.05) is 61.2 Å². The van der Waals surface area contributed by atoms with Crippen molar-refractivity contribution in [2.75, 3.05) is 5.32 Å². The first-order valence-corrected chi connectivity index (χ1v) is 11.2. The fourth-order valence-corrected chi connectivity index (χ4v) is 4.36. The van der Waals surface area contributed by atoms with E-state index in [1.54, 1.807) is 0 Å². The number of rotatable bonds is 6. The summed E-state index contributed by atoms with van der Waals surface area (Å²) in [6, 6.07) is 29.1. The molecule has 164 valence electrons. The van der Waals surface area contributed by atoms with E-state index in [0.29, 0.717) is 0 Å². The van der Waals surface area contributed by atoms with Crippen LogP contribution >= 0.6 is 0 Å². The average Bonchev–Trinajstić information content (AvgIpc) is 3.48. The monoisotopic (exact) mass is 441 g/mol. The lowest BCUT2D eigenvalue weighted by atomic mass is 10.0. The molecule has 5 nitrogen and oxygen atoms in total. The van der Waals surface area contributed by atoms with Gasteiger partial charge in [-0.15, -0.1) is 0 Å². The first-order chi connectivity index (χ1) is 16.7. The number of anilines is 1. The van der Waals surface area contributed by atoms with Crippen molar-refractivity contribution < 1.29 is 0 Å². The molecule has 0 saturated heterocycles. The Morgan fingerprint density at radius 3 is 2.56 bits per heavy atom. The minimum absolute atomic E-state index is 0.764. The Labute approximate surface area is 197 Å². The summed E-state index contributed by atoms with van der Waals surface area (Å²) in [5.41, 5.74) is 9.18. The van der Waals surface area contributed by atoms with Crippen LogP contribution in [0.4, 0.5) is 5.69 Å². The smallest absolute Gasteiger partial charge is 0.116 e. The fourth-order valence-electron chi connectivity index (χ4n) is 4.36. The molecule has 0 aliphatic heterocycles. The molecule has 0 radical (unpaired) electrons. The number of pyridine rings is 1. The fraction of sp³-hybridized carbons (Fsp3) is 0.0345. The van der Waals surface area contributed by atoms with Crippen LogP contribution in [0.15, 0.2) is 110 Å². The molecule has 5 heteroatoms. The lowest BCUT2D eigenvalue weighted by Crippen LogP contribution is -2.02. The molecule has 0 amide bonds. The van der Waals surface area contributed by atoms with E-state index in [-0.39, 0.29) is 0 Å². The number of hydrogen-bond acceptors (Lipinski definition) is 3. The molecular formula is C29H23N5. The third-order valence-corrected chi connectivity index (χ3v) is 6.00. The second kappa shape index (κ2) is 8.37. The summed E-state index contributed by atoms with van der Waals surface area (Å²) in [6.07, 6.45) is 4.47. The Morgan fingerprint density at radius 2 is 1.68 bits per heavy atom. The molecule has 0 spiro atoms. The number of nitrogens with one attached hydrogen (secondary N) is 3. The van der Waals surface area contributed by atoms with E-state index >= 15 is 0 Å². The van der Waals surface area contributed by atoms with Gasteiger partial charge in [0.25, 0.3) is 0 Å². The zero-order valence-corrected chi connectivity index (χ0v) is 18.5. The van der Waals surface area contributed by atoms with Gasteiger partial charge in [0.2, 0.25) is 0 Å². The maximum Gasteiger partial charge on any atom is 0.116 e. The summed E-state index contributed by atoms with van der Waals surface area (Å²) < 4.78 is 0. The minimum atomic E-state index is 0.764. The number of para-hydroxylation sites is 1. The van der Waals surface area contributed by atoms with Crippen LogP contribution in [0.1, 0.15) is 5.56 Å². The molecule has 0 aliphatic carbocycles. The van der Waals surface area contributed by atoms with Crippen LogP contribution in [0.5, 0.6) is 0 Å². The molecule has 0 saturated carbocycles. The number of H-pyrrole nitrogens is 2. The Bertz CT molecular complexity index is 1590. The zero-order valence-electron chi connectivity index (χ0n) is 18.5. The van der Waals surface area contributed by atoms with E-state index in [1.807, 2.05) is 42.7 Å². The van der Waals surface area contributed by atoms with Crippen molar-refractivity contribution in [3.8, 4) is 22.5 Å². The van der Waals surface area contributed by atoms with Crippen molar-refractivity contribution in [3.63, 3.8) is 0 Å². The number of allylic oxidation sites excluding steroid dienone is 1. The van der Waals surface area contributed by atoms with Crippen LogP contribution in [-0.4, -0.2) is 20.2 Å². The van der Waals surface area contributed by atoms with Crippen LogP contribution in [0.25, 0.3) is 44.3 Å². The molecule has 3 aromatic carbocycles. The van der Waals surface area contributed by atoms with E-state index in [0.717, 1.165) is 56.7 Å². The quantitative estimate of drug-likeness (QED) is 0.262. The Hall–Kier alpha value is -4.64. The van der Waals surface area contributed by atoms with Crippen LogP contribution in [0.3, 0.4) is 0 Å². The molecule has 34 heavy (non-hydrogen) atoms. The molecule has 3 heterocycles. The first-order valence-electron chi connectivity index (χ1n) is 11.2. The van der Waals surface area contributed by atoms with Gasteiger partial charge in [0.1, 0.15) is 5.69 Å². The van der Waals surface area contributed by atoms with Gasteiger partial charge in [0.15, 0.2) is 0 Å². The van der Waals surface area contributed by atoms with Crippen LogP contribution in [0, 0.1) is 0 Å². The van der Waals surface area contributed by atoms with Gasteiger partial charge >= 0.3 is 0 Å². The van der Waals surface area contributed by atoms with Gasteiger partial charge in [0.05, 0.1) is 23.1 Å². The van der Waals surface area contributed by atoms with E-state index in [2.05, 4.69) is 86.7 Å². The second-order valence-corrected chi connectivity index (χ2v) is 8.46. The van der Waals surface area contributed by atoms with Crippen LogP contribution in [0.2, 0.25) is 0 Å². The van der Waals surface area contributed by atoms with E-state index in [1.165, 1.54) is 10.9 Å². The van der Waals surface area contributed by atoms with Gasteiger partial charge in [-0.05, 0) is 41.5 Å². The lowest BCUT2D eigenvalue weighted by molar-refractivity contribution is 1.12. The van der Waals surface area contributed by atoms with Crippen molar-refractivity contribution in [1.82, 2.24) is 20.2 Å². The molecule has 6 aromatic rings. The summed E-state index contributed by atoms with van der Waals surface area (Å²) in [5.74, 6) is 0. The highest BCUT2D eigenvalue weighted by Gasteiger charge is 2.12. The van der Waals surface area contributed by atoms with Crippen molar-refractivity contribution in [1.29, 1.82) is 0 Å². The highest BCUT2D eigenvalue weighted by Crippen LogP contribution is 2.32. The van der Waals surface area contributed by atoms with Crippen molar-refractivity contribution in [2.24, 2.45) is 0 Å². The van der Waals surface area contributed by atoms with Crippen molar-refractivity contribution >= 4 is 27.5 Å². The van der Waals surface area contributed by atoms with E-state index in [9.17, 15) is 0 Å². The molecule has 6 rings (SSSR count). The van der Waals surface area contributed by atoms with Crippen molar-refractivity contribution in [2.45, 2.75) is 6.42 Å². The molecule has 0 aliphatic rings. The molecule has 0 unspecified atom stereocenters. The highest BCUT2D eigenvalue weighted by molar-refractivity contribution is 5.97. The first kappa shape index (κ1) is 20.0. The Balaban J connectivity index is 1.30. The number of nitrogens with zero attached hydrogens (tertiary/aromatic N) is 2. The largest absolute Gasteiger partial charge is 0.358 e. The third kappa shape index (κ3) is 3.84. The standard InChI is InChI=1S/C29H23N5/c1-19(13-20-7-3-2-4-8-20)31-24-14-23(17-30-18-24)21-11-12-27-25(15-21)29(34-33-27)28-16-22-9-5-6-10-26(22)32-28/h2-12,14-18,31-32H,1,13H2,(H,33,34). The molecule has 0 atom stereocenters. The third-order valence-electron chi connectivity index (χ3n) is 6.00. The lowest BCUT2D eigenvalue weighted by Gasteiger charge is -2.11. The van der Waals surface area contributed by atoms with Gasteiger partial charge in [-0.3, -0.25) is 10.1 Å². The zero-order chi connectivity index (χ0) is 22.9. The van der Waals surface area contributed by atoms with E-state index in [4.69, 9.17) is 0 Å². The minimum Gasteiger partial charge on any atom is -0.358 e. The maximum atomic E-state index is 4.60. The summed E-state index contributed by atoms with van der Waals surface area (Å²) >= 11 is 0. The second-order valence-electron chi connectivity index (χ2n) is 8.46. The predicted octanol–water partition coefficient (Wildman–Crippen LogP) is 6.94. The average molecular weight is 442 g/mol. The van der Waals surface area contributed by atoms with Crippen LogP contribution in [-0.2, 0) is 6.42 Å². The number of aromatic nitrogens is 4. The van der Waals surface area contributed by atoms with Crippen molar-refractivity contribution in [3.05, 3.63) is 115 Å². The highest BCUT2D eigenvalue weighted by atomic mass is 15.1. The predicted molar refractivity (Wildman–Crippen MR) is 140 cm³/mol. The summed E-state index contributed by atoms with van der Waals surface area (Å²) in [6.45, 7) is 4.19. The topological polar surface area (TPSA) is 69.4 Å². The molecule has 0 bridgehead atoms. The maximum absolute atomic E-state index is 4.60. The Morgan fingerprint density at radius 1 is 0.824 bits per heavy atom. The number of fused-ring (bicyclic) bond motifs is 2. The normalized spacial score (nSPS) is 11.2. The summed E-state index contributed by atoms with van der Waals surface area (Å²) in [7, 11) is 0. The van der Waals surface area contributed by atoms with Gasteiger partial charge < -0.3 is 10.3 Å². The molecule has 0 fully saturated rings. The molecular weight excluding hydrogens is 418 g/mol. The Kier molecular flexibility index (Phi) is 4.92. The summed E-state index contributed by atoms with van der Waals surface area (Å²) in [4.78, 5) is 7.95. The number of hydrogen-bond donors (Lipinski definition) is 3. The van der Waals surface area contributed by atoms with Crippen LogP contribution < -0.4 is 5.32 Å². The SMILES string of the molecule is C=C(Cc1ccccc1)Nc1cncc(-c2ccc3[nH]nc(-c4cc5ccccc5[nH]4)c3c2)c1. The van der Waals surface area contributed by atoms with E-state index < -0.39 is 0 Å². The molecule has 3 N–H and O–H groups in total. The van der Waals surface area contributed by atoms with Gasteiger partial charge in [-0.25, -0.2) is 0 Å². The van der Waals surface area contributed by atoms with Gasteiger partial charge in [0, 0.05) is 40.2 Å². The van der Waals surface area contributed by atoms with Gasteiger partial charge in [-0.2, -0.15) is 5.10 Å².